The average Bonchev–Trinajstić information content (AvgIpc) is 2.70. The van der Waals surface area contributed by atoms with E-state index in [0.717, 1.165) is 17.7 Å². The van der Waals surface area contributed by atoms with Crippen molar-refractivity contribution in [2.45, 2.75) is 32.7 Å². The van der Waals surface area contributed by atoms with Crippen LogP contribution in [0.2, 0.25) is 0 Å². The fraction of sp³-hybridized carbons (Fsp3) is 0.429. The Kier molecular flexibility index (Phi) is 3.32. The van der Waals surface area contributed by atoms with Crippen molar-refractivity contribution in [3.05, 3.63) is 23.8 Å². The van der Waals surface area contributed by atoms with Gasteiger partial charge in [-0.1, -0.05) is 0 Å². The smallest absolute Gasteiger partial charge is 0.243 e. The van der Waals surface area contributed by atoms with Crippen molar-refractivity contribution in [3.8, 4) is 0 Å². The molecular formula is C14H19N3O2. The third kappa shape index (κ3) is 2.76. The number of benzene rings is 1. The summed E-state index contributed by atoms with van der Waals surface area (Å²) in [5.74, 6) is -0.188. The maximum Gasteiger partial charge on any atom is 0.243 e. The molecule has 5 nitrogen and oxygen atoms in total. The topological polar surface area (TPSA) is 75.4 Å². The molecule has 1 heterocycles. The second-order valence-corrected chi connectivity index (χ2v) is 5.44. The third-order valence-electron chi connectivity index (χ3n) is 3.20. The Morgan fingerprint density at radius 2 is 2.05 bits per heavy atom. The van der Waals surface area contributed by atoms with Crippen LogP contribution in [0.25, 0.3) is 0 Å². The molecule has 0 saturated carbocycles. The second kappa shape index (κ2) is 4.66. The average molecular weight is 261 g/mol. The van der Waals surface area contributed by atoms with Gasteiger partial charge in [-0.05, 0) is 44.0 Å². The molecule has 0 aromatic heterocycles. The molecule has 0 saturated heterocycles. The molecule has 0 fully saturated rings. The van der Waals surface area contributed by atoms with Crippen LogP contribution in [0.15, 0.2) is 18.2 Å². The van der Waals surface area contributed by atoms with Crippen molar-refractivity contribution in [2.75, 3.05) is 16.8 Å². The number of rotatable bonds is 2. The van der Waals surface area contributed by atoms with Crippen LogP contribution in [0, 0.1) is 0 Å². The molecule has 0 unspecified atom stereocenters. The zero-order valence-electron chi connectivity index (χ0n) is 11.5. The minimum atomic E-state index is -0.912. The van der Waals surface area contributed by atoms with Gasteiger partial charge in [-0.25, -0.2) is 0 Å². The summed E-state index contributed by atoms with van der Waals surface area (Å²) in [7, 11) is 0. The zero-order valence-corrected chi connectivity index (χ0v) is 11.5. The number of hydrogen-bond donors (Lipinski definition) is 2. The van der Waals surface area contributed by atoms with Gasteiger partial charge in [0.15, 0.2) is 0 Å². The zero-order chi connectivity index (χ0) is 14.2. The molecule has 0 aliphatic carbocycles. The number of nitrogens with zero attached hydrogens (tertiary/aromatic N) is 1. The molecule has 1 aliphatic rings. The fourth-order valence-electron chi connectivity index (χ4n) is 2.10. The van der Waals surface area contributed by atoms with Crippen LogP contribution < -0.4 is 16.0 Å². The summed E-state index contributed by atoms with van der Waals surface area (Å²) in [6.07, 6.45) is 0.810. The molecule has 1 aromatic rings. The molecule has 19 heavy (non-hydrogen) atoms. The van der Waals surface area contributed by atoms with Crippen LogP contribution in [0.1, 0.15) is 26.3 Å². The van der Waals surface area contributed by atoms with Gasteiger partial charge < -0.3 is 16.0 Å². The first-order valence-electron chi connectivity index (χ1n) is 6.30. The summed E-state index contributed by atoms with van der Waals surface area (Å²) < 4.78 is 0. The van der Waals surface area contributed by atoms with Gasteiger partial charge in [0.25, 0.3) is 0 Å². The molecular weight excluding hydrogens is 242 g/mol. The number of hydrogen-bond acceptors (Lipinski definition) is 3. The lowest BCUT2D eigenvalue weighted by molar-refractivity contribution is -0.120. The molecule has 1 aliphatic heterocycles. The van der Waals surface area contributed by atoms with Gasteiger partial charge >= 0.3 is 0 Å². The van der Waals surface area contributed by atoms with E-state index in [2.05, 4.69) is 5.32 Å². The predicted octanol–water partition coefficient (Wildman–Crippen LogP) is 1.27. The van der Waals surface area contributed by atoms with E-state index in [4.69, 9.17) is 5.73 Å². The van der Waals surface area contributed by atoms with Gasteiger partial charge in [0.2, 0.25) is 11.8 Å². The molecule has 2 rings (SSSR count). The van der Waals surface area contributed by atoms with E-state index in [1.54, 1.807) is 31.7 Å². The highest BCUT2D eigenvalue weighted by molar-refractivity contribution is 5.98. The summed E-state index contributed by atoms with van der Waals surface area (Å²) in [6, 6.07) is 5.56. The van der Waals surface area contributed by atoms with Crippen LogP contribution in [0.5, 0.6) is 0 Å². The normalized spacial score (nSPS) is 14.2. The van der Waals surface area contributed by atoms with Crippen LogP contribution in [-0.2, 0) is 16.0 Å². The lowest BCUT2D eigenvalue weighted by atomic mass is 10.1. The standard InChI is InChI=1S/C14H19N3O2/c1-9(18)17-7-6-10-8-11(4-5-12(10)17)16-13(19)14(2,3)15/h4-5,8H,6-7,15H2,1-3H3,(H,16,19). The fourth-order valence-corrected chi connectivity index (χ4v) is 2.10. The van der Waals surface area contributed by atoms with E-state index < -0.39 is 5.54 Å². The van der Waals surface area contributed by atoms with Crippen molar-refractivity contribution in [1.82, 2.24) is 0 Å². The molecule has 102 valence electrons. The van der Waals surface area contributed by atoms with Gasteiger partial charge in [-0.3, -0.25) is 9.59 Å². The van der Waals surface area contributed by atoms with Gasteiger partial charge in [-0.15, -0.1) is 0 Å². The highest BCUT2D eigenvalue weighted by atomic mass is 16.2. The Balaban J connectivity index is 2.20. The highest BCUT2D eigenvalue weighted by Crippen LogP contribution is 2.30. The SMILES string of the molecule is CC(=O)N1CCc2cc(NC(=O)C(C)(C)N)ccc21. The number of amides is 2. The number of nitrogens with two attached hydrogens (primary N) is 1. The largest absolute Gasteiger partial charge is 0.324 e. The number of carbonyl (C=O) groups is 2. The van der Waals surface area contributed by atoms with Crippen LogP contribution in [0.3, 0.4) is 0 Å². The Morgan fingerprint density at radius 1 is 1.37 bits per heavy atom. The molecule has 1 aromatic carbocycles. The summed E-state index contributed by atoms with van der Waals surface area (Å²) in [4.78, 5) is 25.0. The molecule has 0 atom stereocenters. The van der Waals surface area contributed by atoms with Crippen LogP contribution >= 0.6 is 0 Å². The number of nitrogens with one attached hydrogen (secondary N) is 1. The summed E-state index contributed by atoms with van der Waals surface area (Å²) in [5, 5.41) is 2.79. The maximum atomic E-state index is 11.8. The van der Waals surface area contributed by atoms with E-state index in [9.17, 15) is 9.59 Å². The van der Waals surface area contributed by atoms with Crippen molar-refractivity contribution < 1.29 is 9.59 Å². The molecule has 3 N–H and O–H groups in total. The van der Waals surface area contributed by atoms with Gasteiger partial charge in [0, 0.05) is 24.8 Å². The summed E-state index contributed by atoms with van der Waals surface area (Å²) in [6.45, 7) is 5.58. The monoisotopic (exact) mass is 261 g/mol. The van der Waals surface area contributed by atoms with Crippen molar-refractivity contribution in [1.29, 1.82) is 0 Å². The first-order chi connectivity index (χ1) is 8.79. The minimum Gasteiger partial charge on any atom is -0.324 e. The van der Waals surface area contributed by atoms with Gasteiger partial charge in [0.05, 0.1) is 5.54 Å². The second-order valence-electron chi connectivity index (χ2n) is 5.44. The predicted molar refractivity (Wildman–Crippen MR) is 75.1 cm³/mol. The van der Waals surface area contributed by atoms with Crippen LogP contribution in [-0.4, -0.2) is 23.9 Å². The van der Waals surface area contributed by atoms with Crippen molar-refractivity contribution in [2.24, 2.45) is 5.73 Å². The first-order valence-corrected chi connectivity index (χ1v) is 6.30. The number of carbonyl (C=O) groups excluding carboxylic acids is 2. The molecule has 0 spiro atoms. The maximum absolute atomic E-state index is 11.8. The quantitative estimate of drug-likeness (QED) is 0.842. The van der Waals surface area contributed by atoms with E-state index >= 15 is 0 Å². The Morgan fingerprint density at radius 3 is 2.63 bits per heavy atom. The Hall–Kier alpha value is -1.88. The third-order valence-corrected chi connectivity index (χ3v) is 3.20. The molecule has 2 amide bonds. The van der Waals surface area contributed by atoms with Gasteiger partial charge in [-0.2, -0.15) is 0 Å². The van der Waals surface area contributed by atoms with E-state index in [1.165, 1.54) is 0 Å². The van der Waals surface area contributed by atoms with Crippen LogP contribution in [0.4, 0.5) is 11.4 Å². The van der Waals surface area contributed by atoms with E-state index in [0.29, 0.717) is 12.2 Å². The first kappa shape index (κ1) is 13.5. The lowest BCUT2D eigenvalue weighted by Gasteiger charge is -2.19. The molecule has 0 bridgehead atoms. The summed E-state index contributed by atoms with van der Waals surface area (Å²) >= 11 is 0. The lowest BCUT2D eigenvalue weighted by Crippen LogP contribution is -2.45. The Labute approximate surface area is 112 Å². The van der Waals surface area contributed by atoms with Gasteiger partial charge in [0.1, 0.15) is 0 Å². The minimum absolute atomic E-state index is 0.0404. The molecule has 0 radical (unpaired) electrons. The summed E-state index contributed by atoms with van der Waals surface area (Å²) in [5.41, 5.74) is 7.54. The Bertz CT molecular complexity index is 532. The van der Waals surface area contributed by atoms with E-state index in [1.807, 2.05) is 12.1 Å². The highest BCUT2D eigenvalue weighted by Gasteiger charge is 2.24. The van der Waals surface area contributed by atoms with E-state index in [-0.39, 0.29) is 11.8 Å². The number of anilines is 2. The molecule has 5 heteroatoms. The van der Waals surface area contributed by atoms with Crippen molar-refractivity contribution in [3.63, 3.8) is 0 Å². The number of fused-ring (bicyclic) bond motifs is 1. The van der Waals surface area contributed by atoms with Crippen molar-refractivity contribution >= 4 is 23.2 Å².